The van der Waals surface area contributed by atoms with Gasteiger partial charge in [-0.25, -0.2) is 0 Å². The molecule has 3 N–H and O–H groups in total. The largest absolute Gasteiger partial charge is 0.505 e. The Balaban J connectivity index is 3.51. The first kappa shape index (κ1) is 8.52. The van der Waals surface area contributed by atoms with Crippen LogP contribution >= 0.6 is 0 Å². The molecule has 4 heteroatoms. The Morgan fingerprint density at radius 3 is 2.50 bits per heavy atom. The average Bonchev–Trinajstić information content (AvgIpc) is 2.01. The molecule has 0 amide bonds. The monoisotopic (exact) mass is 166 g/mol. The van der Waals surface area contributed by atoms with Crippen LogP contribution in [0, 0.1) is 18.8 Å². The lowest BCUT2D eigenvalue weighted by molar-refractivity contribution is 0.476. The van der Waals surface area contributed by atoms with Crippen molar-refractivity contribution in [2.75, 3.05) is 5.73 Å². The molecule has 1 aromatic carbocycles. The van der Waals surface area contributed by atoms with E-state index in [1.54, 1.807) is 13.8 Å². The first-order valence-electron chi connectivity index (χ1n) is 3.50. The predicted octanol–water partition coefficient (Wildman–Crippen LogP) is 1.99. The molecule has 0 saturated carbocycles. The molecule has 64 valence electrons. The lowest BCUT2D eigenvalue weighted by atomic mass is 10.1. The number of nitrogens with two attached hydrogens (primary N) is 1. The third kappa shape index (κ3) is 1.11. The Morgan fingerprint density at radius 1 is 1.42 bits per heavy atom. The molecule has 0 aliphatic heterocycles. The Kier molecular flexibility index (Phi) is 1.99. The zero-order valence-electron chi connectivity index (χ0n) is 6.96. The molecule has 0 spiro atoms. The zero-order chi connectivity index (χ0) is 9.30. The second-order valence-corrected chi connectivity index (χ2v) is 2.67. The van der Waals surface area contributed by atoms with Crippen LogP contribution in [0.15, 0.2) is 11.2 Å². The average molecular weight is 166 g/mol. The van der Waals surface area contributed by atoms with Crippen molar-refractivity contribution in [3.8, 4) is 5.75 Å². The maximum Gasteiger partial charge on any atom is 0.152 e. The number of nitroso groups, excluding NO2 is 1. The van der Waals surface area contributed by atoms with Crippen LogP contribution in [0.2, 0.25) is 0 Å². The molecule has 0 bridgehead atoms. The molecule has 12 heavy (non-hydrogen) atoms. The third-order valence-corrected chi connectivity index (χ3v) is 1.98. The van der Waals surface area contributed by atoms with Crippen LogP contribution in [0.4, 0.5) is 11.4 Å². The third-order valence-electron chi connectivity index (χ3n) is 1.98. The highest BCUT2D eigenvalue weighted by Crippen LogP contribution is 2.35. The van der Waals surface area contributed by atoms with E-state index in [2.05, 4.69) is 5.18 Å². The molecule has 0 atom stereocenters. The molecule has 0 aliphatic rings. The second-order valence-electron chi connectivity index (χ2n) is 2.67. The van der Waals surface area contributed by atoms with Crippen LogP contribution < -0.4 is 5.73 Å². The summed E-state index contributed by atoms with van der Waals surface area (Å²) in [6.07, 6.45) is 0. The topological polar surface area (TPSA) is 75.7 Å². The maximum absolute atomic E-state index is 10.3. The van der Waals surface area contributed by atoms with E-state index >= 15 is 0 Å². The minimum absolute atomic E-state index is 0.0710. The number of hydrogen-bond acceptors (Lipinski definition) is 4. The van der Waals surface area contributed by atoms with Gasteiger partial charge in [0.25, 0.3) is 0 Å². The van der Waals surface area contributed by atoms with Gasteiger partial charge in [0, 0.05) is 11.8 Å². The fourth-order valence-corrected chi connectivity index (χ4v) is 1.03. The van der Waals surface area contributed by atoms with Crippen LogP contribution in [-0.4, -0.2) is 5.11 Å². The summed E-state index contributed by atoms with van der Waals surface area (Å²) in [4.78, 5) is 10.3. The van der Waals surface area contributed by atoms with Gasteiger partial charge in [-0.1, -0.05) is 0 Å². The smallest absolute Gasteiger partial charge is 0.152 e. The molecule has 0 heterocycles. The van der Waals surface area contributed by atoms with Gasteiger partial charge in [-0.15, -0.1) is 4.91 Å². The predicted molar refractivity (Wildman–Crippen MR) is 47.4 cm³/mol. The van der Waals surface area contributed by atoms with Crippen molar-refractivity contribution >= 4 is 11.4 Å². The first-order valence-corrected chi connectivity index (χ1v) is 3.50. The van der Waals surface area contributed by atoms with Crippen molar-refractivity contribution in [2.45, 2.75) is 13.8 Å². The van der Waals surface area contributed by atoms with Crippen LogP contribution in [0.5, 0.6) is 5.75 Å². The fraction of sp³-hybridized carbons (Fsp3) is 0.250. The normalized spacial score (nSPS) is 9.83. The van der Waals surface area contributed by atoms with Gasteiger partial charge in [-0.2, -0.15) is 0 Å². The summed E-state index contributed by atoms with van der Waals surface area (Å²) in [5.74, 6) is -0.161. The molecule has 0 fully saturated rings. The van der Waals surface area contributed by atoms with Crippen molar-refractivity contribution in [1.82, 2.24) is 0 Å². The van der Waals surface area contributed by atoms with Crippen molar-refractivity contribution in [3.63, 3.8) is 0 Å². The number of benzene rings is 1. The Morgan fingerprint density at radius 2 is 2.00 bits per heavy atom. The van der Waals surface area contributed by atoms with Crippen molar-refractivity contribution < 1.29 is 5.11 Å². The number of nitrogen functional groups attached to an aromatic ring is 1. The van der Waals surface area contributed by atoms with E-state index in [-0.39, 0.29) is 11.4 Å². The minimum Gasteiger partial charge on any atom is -0.505 e. The van der Waals surface area contributed by atoms with E-state index in [9.17, 15) is 10.0 Å². The van der Waals surface area contributed by atoms with Gasteiger partial charge in [-0.05, 0) is 30.2 Å². The van der Waals surface area contributed by atoms with E-state index in [4.69, 9.17) is 5.73 Å². The molecular formula is C8H10N2O2. The van der Waals surface area contributed by atoms with Crippen LogP contribution in [-0.2, 0) is 0 Å². The second kappa shape index (κ2) is 2.81. The molecule has 0 aliphatic carbocycles. The summed E-state index contributed by atoms with van der Waals surface area (Å²) < 4.78 is 0. The molecule has 0 radical (unpaired) electrons. The van der Waals surface area contributed by atoms with Crippen LogP contribution in [0.3, 0.4) is 0 Å². The Labute approximate surface area is 70.0 Å². The van der Waals surface area contributed by atoms with Gasteiger partial charge in [-0.3, -0.25) is 0 Å². The summed E-state index contributed by atoms with van der Waals surface area (Å²) in [6.45, 7) is 3.47. The van der Waals surface area contributed by atoms with Gasteiger partial charge in [0.1, 0.15) is 5.75 Å². The van der Waals surface area contributed by atoms with E-state index in [1.807, 2.05) is 0 Å². The molecule has 0 unspecified atom stereocenters. The number of phenolic OH excluding ortho intramolecular Hbond substituents is 1. The van der Waals surface area contributed by atoms with Gasteiger partial charge < -0.3 is 10.8 Å². The highest BCUT2D eigenvalue weighted by Gasteiger charge is 2.10. The summed E-state index contributed by atoms with van der Waals surface area (Å²) in [6, 6.07) is 1.33. The van der Waals surface area contributed by atoms with Crippen molar-refractivity contribution in [1.29, 1.82) is 0 Å². The number of phenols is 1. The van der Waals surface area contributed by atoms with E-state index in [0.29, 0.717) is 11.3 Å². The molecule has 1 aromatic rings. The Hall–Kier alpha value is -1.58. The van der Waals surface area contributed by atoms with Gasteiger partial charge in [0.2, 0.25) is 0 Å². The standard InChI is InChI=1S/C8H10N2O2/c1-4-5(2)8(10-12)7(11)3-6(4)9/h3,11H,9H2,1-2H3. The first-order chi connectivity index (χ1) is 5.57. The highest BCUT2D eigenvalue weighted by atomic mass is 16.3. The maximum atomic E-state index is 10.3. The van der Waals surface area contributed by atoms with Gasteiger partial charge >= 0.3 is 0 Å². The van der Waals surface area contributed by atoms with E-state index in [0.717, 1.165) is 5.56 Å². The molecule has 1 rings (SSSR count). The van der Waals surface area contributed by atoms with E-state index < -0.39 is 0 Å². The van der Waals surface area contributed by atoms with Crippen molar-refractivity contribution in [3.05, 3.63) is 22.1 Å². The Bertz CT molecular complexity index is 334. The van der Waals surface area contributed by atoms with Crippen LogP contribution in [0.25, 0.3) is 0 Å². The lowest BCUT2D eigenvalue weighted by Gasteiger charge is -2.06. The number of rotatable bonds is 1. The molecule has 0 aromatic heterocycles. The number of nitrogens with zero attached hydrogens (tertiary/aromatic N) is 1. The molecule has 4 nitrogen and oxygen atoms in total. The SMILES string of the molecule is Cc1c(N)cc(O)c(N=O)c1C. The quantitative estimate of drug-likeness (QED) is 0.494. The summed E-state index contributed by atoms with van der Waals surface area (Å²) in [5, 5.41) is 11.9. The van der Waals surface area contributed by atoms with Gasteiger partial charge in [0.05, 0.1) is 0 Å². The summed E-state index contributed by atoms with van der Waals surface area (Å²) >= 11 is 0. The molecule has 0 saturated heterocycles. The van der Waals surface area contributed by atoms with Crippen molar-refractivity contribution in [2.24, 2.45) is 5.18 Å². The summed E-state index contributed by atoms with van der Waals surface area (Å²) in [5.41, 5.74) is 7.49. The summed E-state index contributed by atoms with van der Waals surface area (Å²) in [7, 11) is 0. The minimum atomic E-state index is -0.161. The zero-order valence-corrected chi connectivity index (χ0v) is 6.96. The number of aromatic hydroxyl groups is 1. The number of anilines is 1. The highest BCUT2D eigenvalue weighted by molar-refractivity contribution is 5.67. The number of hydrogen-bond donors (Lipinski definition) is 2. The lowest BCUT2D eigenvalue weighted by Crippen LogP contribution is -1.92. The molecular weight excluding hydrogens is 156 g/mol. The van der Waals surface area contributed by atoms with E-state index in [1.165, 1.54) is 6.07 Å². The fourth-order valence-electron chi connectivity index (χ4n) is 1.03. The van der Waals surface area contributed by atoms with Crippen LogP contribution in [0.1, 0.15) is 11.1 Å². The van der Waals surface area contributed by atoms with Gasteiger partial charge in [0.15, 0.2) is 5.69 Å².